The fourth-order valence-electron chi connectivity index (χ4n) is 2.34. The van der Waals surface area contributed by atoms with Gasteiger partial charge in [0, 0.05) is 0 Å². The standard InChI is InChI=1S/C17H34O2/c1-7-8-9-10-15(6)17(18)19-16(11-13(2)3)12-14(4)5/h13-16H,7-12H2,1-6H3. The van der Waals surface area contributed by atoms with Crippen molar-refractivity contribution in [2.45, 2.75) is 86.2 Å². The van der Waals surface area contributed by atoms with Crippen molar-refractivity contribution in [3.8, 4) is 0 Å². The summed E-state index contributed by atoms with van der Waals surface area (Å²) in [5, 5.41) is 0. The highest BCUT2D eigenvalue weighted by Gasteiger charge is 2.21. The number of esters is 1. The van der Waals surface area contributed by atoms with Gasteiger partial charge < -0.3 is 4.74 Å². The molecule has 0 aliphatic carbocycles. The maximum atomic E-state index is 12.1. The van der Waals surface area contributed by atoms with Crippen molar-refractivity contribution in [3.63, 3.8) is 0 Å². The van der Waals surface area contributed by atoms with Crippen LogP contribution in [0, 0.1) is 17.8 Å². The van der Waals surface area contributed by atoms with Gasteiger partial charge in [-0.1, -0.05) is 60.8 Å². The number of unbranched alkanes of at least 4 members (excludes halogenated alkanes) is 2. The van der Waals surface area contributed by atoms with Gasteiger partial charge in [-0.15, -0.1) is 0 Å². The molecule has 0 amide bonds. The Morgan fingerprint density at radius 1 is 0.947 bits per heavy atom. The zero-order valence-electron chi connectivity index (χ0n) is 13.9. The van der Waals surface area contributed by atoms with Crippen LogP contribution in [0.3, 0.4) is 0 Å². The van der Waals surface area contributed by atoms with Crippen LogP contribution in [0.15, 0.2) is 0 Å². The first-order valence-corrected chi connectivity index (χ1v) is 8.07. The Bertz CT molecular complexity index is 223. The summed E-state index contributed by atoms with van der Waals surface area (Å²) in [6, 6.07) is 0. The lowest BCUT2D eigenvalue weighted by Gasteiger charge is -2.23. The molecule has 1 atom stereocenters. The van der Waals surface area contributed by atoms with Crippen LogP contribution in [-0.4, -0.2) is 12.1 Å². The molecule has 0 saturated carbocycles. The van der Waals surface area contributed by atoms with Crippen LogP contribution in [0.25, 0.3) is 0 Å². The average Bonchev–Trinajstić information content (AvgIpc) is 2.27. The molecule has 0 bridgehead atoms. The monoisotopic (exact) mass is 270 g/mol. The molecule has 1 unspecified atom stereocenters. The number of carbonyl (C=O) groups is 1. The summed E-state index contributed by atoms with van der Waals surface area (Å²) >= 11 is 0. The second-order valence-electron chi connectivity index (χ2n) is 6.71. The smallest absolute Gasteiger partial charge is 0.308 e. The molecule has 0 N–H and O–H groups in total. The molecular formula is C17H34O2. The third-order valence-electron chi connectivity index (χ3n) is 3.39. The van der Waals surface area contributed by atoms with Gasteiger partial charge in [-0.05, 0) is 31.1 Å². The van der Waals surface area contributed by atoms with E-state index >= 15 is 0 Å². The minimum absolute atomic E-state index is 0.00223. The minimum Gasteiger partial charge on any atom is -0.462 e. The quantitative estimate of drug-likeness (QED) is 0.402. The van der Waals surface area contributed by atoms with Crippen LogP contribution < -0.4 is 0 Å². The molecule has 0 rings (SSSR count). The number of ether oxygens (including phenoxy) is 1. The fourth-order valence-corrected chi connectivity index (χ4v) is 2.34. The van der Waals surface area contributed by atoms with E-state index < -0.39 is 0 Å². The highest BCUT2D eigenvalue weighted by atomic mass is 16.5. The first-order chi connectivity index (χ1) is 8.86. The molecule has 0 heterocycles. The van der Waals surface area contributed by atoms with Gasteiger partial charge in [-0.3, -0.25) is 4.79 Å². The molecule has 19 heavy (non-hydrogen) atoms. The van der Waals surface area contributed by atoms with E-state index in [-0.39, 0.29) is 18.0 Å². The first kappa shape index (κ1) is 18.5. The summed E-state index contributed by atoms with van der Waals surface area (Å²) in [6.45, 7) is 12.9. The maximum Gasteiger partial charge on any atom is 0.308 e. The summed E-state index contributed by atoms with van der Waals surface area (Å²) in [5.74, 6) is 1.20. The SMILES string of the molecule is CCCCCC(C)C(=O)OC(CC(C)C)CC(C)C. The van der Waals surface area contributed by atoms with Gasteiger partial charge >= 0.3 is 5.97 Å². The zero-order chi connectivity index (χ0) is 14.8. The molecule has 0 fully saturated rings. The van der Waals surface area contributed by atoms with Crippen LogP contribution in [-0.2, 0) is 9.53 Å². The second-order valence-corrected chi connectivity index (χ2v) is 6.71. The molecule has 0 radical (unpaired) electrons. The predicted octanol–water partition coefficient (Wildman–Crippen LogP) is 5.21. The van der Waals surface area contributed by atoms with Crippen molar-refractivity contribution < 1.29 is 9.53 Å². The van der Waals surface area contributed by atoms with Gasteiger partial charge in [0.1, 0.15) is 6.10 Å². The molecule has 114 valence electrons. The minimum atomic E-state index is 0.00223. The van der Waals surface area contributed by atoms with Crippen molar-refractivity contribution in [3.05, 3.63) is 0 Å². The molecular weight excluding hydrogens is 236 g/mol. The average molecular weight is 270 g/mol. The summed E-state index contributed by atoms with van der Waals surface area (Å²) < 4.78 is 5.73. The number of rotatable bonds is 10. The van der Waals surface area contributed by atoms with Crippen LogP contribution >= 0.6 is 0 Å². The largest absolute Gasteiger partial charge is 0.462 e. The van der Waals surface area contributed by atoms with Gasteiger partial charge in [0.15, 0.2) is 0 Å². The normalized spacial score (nSPS) is 13.3. The Hall–Kier alpha value is -0.530. The van der Waals surface area contributed by atoms with E-state index in [0.29, 0.717) is 11.8 Å². The van der Waals surface area contributed by atoms with Gasteiger partial charge in [0.05, 0.1) is 5.92 Å². The van der Waals surface area contributed by atoms with Crippen LogP contribution in [0.4, 0.5) is 0 Å². The Morgan fingerprint density at radius 2 is 1.47 bits per heavy atom. The Balaban J connectivity index is 4.19. The van der Waals surface area contributed by atoms with E-state index in [4.69, 9.17) is 4.74 Å². The third-order valence-corrected chi connectivity index (χ3v) is 3.39. The number of hydrogen-bond acceptors (Lipinski definition) is 2. The molecule has 2 heteroatoms. The summed E-state index contributed by atoms with van der Waals surface area (Å²) in [6.07, 6.45) is 6.55. The van der Waals surface area contributed by atoms with Gasteiger partial charge in [0.2, 0.25) is 0 Å². The van der Waals surface area contributed by atoms with Crippen molar-refractivity contribution in [1.29, 1.82) is 0 Å². The van der Waals surface area contributed by atoms with E-state index in [2.05, 4.69) is 34.6 Å². The summed E-state index contributed by atoms with van der Waals surface area (Å²) in [7, 11) is 0. The van der Waals surface area contributed by atoms with E-state index in [1.807, 2.05) is 6.92 Å². The Morgan fingerprint density at radius 3 is 1.89 bits per heavy atom. The molecule has 0 aliphatic heterocycles. The molecule has 0 aromatic carbocycles. The van der Waals surface area contributed by atoms with E-state index in [9.17, 15) is 4.79 Å². The van der Waals surface area contributed by atoms with Crippen LogP contribution in [0.5, 0.6) is 0 Å². The Kier molecular flexibility index (Phi) is 9.99. The summed E-state index contributed by atoms with van der Waals surface area (Å²) in [5.41, 5.74) is 0. The molecule has 0 saturated heterocycles. The fraction of sp³-hybridized carbons (Fsp3) is 0.941. The lowest BCUT2D eigenvalue weighted by Crippen LogP contribution is -2.25. The Labute approximate surface area is 120 Å². The number of hydrogen-bond donors (Lipinski definition) is 0. The highest BCUT2D eigenvalue weighted by Crippen LogP contribution is 2.19. The van der Waals surface area contributed by atoms with Gasteiger partial charge in [-0.2, -0.15) is 0 Å². The predicted molar refractivity (Wildman–Crippen MR) is 82.1 cm³/mol. The zero-order valence-corrected chi connectivity index (χ0v) is 13.9. The third kappa shape index (κ3) is 9.98. The highest BCUT2D eigenvalue weighted by molar-refractivity contribution is 5.72. The van der Waals surface area contributed by atoms with Crippen LogP contribution in [0.2, 0.25) is 0 Å². The van der Waals surface area contributed by atoms with Crippen molar-refractivity contribution in [2.24, 2.45) is 17.8 Å². The topological polar surface area (TPSA) is 26.3 Å². The van der Waals surface area contributed by atoms with Crippen molar-refractivity contribution >= 4 is 5.97 Å². The molecule has 2 nitrogen and oxygen atoms in total. The van der Waals surface area contributed by atoms with Gasteiger partial charge in [0.25, 0.3) is 0 Å². The van der Waals surface area contributed by atoms with E-state index in [1.54, 1.807) is 0 Å². The van der Waals surface area contributed by atoms with Crippen molar-refractivity contribution in [1.82, 2.24) is 0 Å². The summed E-state index contributed by atoms with van der Waals surface area (Å²) in [4.78, 5) is 12.1. The number of carbonyl (C=O) groups excluding carboxylic acids is 1. The maximum absolute atomic E-state index is 12.1. The molecule has 0 aromatic rings. The molecule has 0 aromatic heterocycles. The molecule has 0 spiro atoms. The van der Waals surface area contributed by atoms with E-state index in [0.717, 1.165) is 25.7 Å². The lowest BCUT2D eigenvalue weighted by atomic mass is 9.97. The van der Waals surface area contributed by atoms with E-state index in [1.165, 1.54) is 12.8 Å². The van der Waals surface area contributed by atoms with Gasteiger partial charge in [-0.25, -0.2) is 0 Å². The lowest BCUT2D eigenvalue weighted by molar-refractivity contribution is -0.155. The van der Waals surface area contributed by atoms with Crippen molar-refractivity contribution in [2.75, 3.05) is 0 Å². The second kappa shape index (κ2) is 10.3. The first-order valence-electron chi connectivity index (χ1n) is 8.07. The van der Waals surface area contributed by atoms with Crippen LogP contribution in [0.1, 0.15) is 80.1 Å². The molecule has 0 aliphatic rings.